The topological polar surface area (TPSA) is 81.7 Å². The Morgan fingerprint density at radius 1 is 0.900 bits per heavy atom. The Bertz CT molecular complexity index is 859. The smallest absolute Gasteiger partial charge is 0.344 e. The third-order valence-corrected chi connectivity index (χ3v) is 4.47. The van der Waals surface area contributed by atoms with Crippen molar-refractivity contribution in [3.63, 3.8) is 0 Å². The summed E-state index contributed by atoms with van der Waals surface area (Å²) in [6.07, 6.45) is 3.52. The predicted molar refractivity (Wildman–Crippen MR) is 114 cm³/mol. The molecule has 1 amide bonds. The minimum atomic E-state index is -2.06. The van der Waals surface area contributed by atoms with E-state index in [9.17, 15) is 14.4 Å². The summed E-state index contributed by atoms with van der Waals surface area (Å²) in [7, 11) is 0. The van der Waals surface area contributed by atoms with Crippen LogP contribution in [0.5, 0.6) is 0 Å². The van der Waals surface area contributed by atoms with E-state index >= 15 is 0 Å². The van der Waals surface area contributed by atoms with Crippen LogP contribution in [-0.4, -0.2) is 36.6 Å². The fraction of sp³-hybridized carbons (Fsp3) is 0.292. The Hall–Kier alpha value is -3.41. The van der Waals surface area contributed by atoms with Crippen molar-refractivity contribution in [2.75, 3.05) is 13.2 Å². The van der Waals surface area contributed by atoms with Crippen LogP contribution in [0.2, 0.25) is 0 Å². The normalized spacial score (nSPS) is 12.2. The van der Waals surface area contributed by atoms with Gasteiger partial charge in [-0.2, -0.15) is 0 Å². The molecule has 0 aliphatic carbocycles. The van der Waals surface area contributed by atoms with Gasteiger partial charge in [0.1, 0.15) is 0 Å². The first kappa shape index (κ1) is 22.9. The second kappa shape index (κ2) is 11.0. The predicted octanol–water partition coefficient (Wildman–Crippen LogP) is 3.48. The van der Waals surface area contributed by atoms with Crippen molar-refractivity contribution in [3.05, 3.63) is 77.9 Å². The minimum absolute atomic E-state index is 0.0451. The highest BCUT2D eigenvalue weighted by atomic mass is 16.6. The number of hydrogen-bond acceptors (Lipinski definition) is 5. The van der Waals surface area contributed by atoms with Gasteiger partial charge < -0.3 is 14.8 Å². The van der Waals surface area contributed by atoms with Crippen LogP contribution in [0, 0.1) is 0 Å². The van der Waals surface area contributed by atoms with Crippen molar-refractivity contribution in [2.24, 2.45) is 0 Å². The standard InChI is InChI=1S/C24H27NO5/c1-4-29-22(27)24(25-18(3)26,23(28)30-5-2)21(20-14-10-7-11-15-20)17-16-19-12-8-6-9-13-19/h6-17,21H,4-5H2,1-3H3,(H,25,26)/b17-16+/t21-/m0/s1. The first-order chi connectivity index (χ1) is 14.5. The minimum Gasteiger partial charge on any atom is -0.464 e. The highest BCUT2D eigenvalue weighted by Gasteiger charge is 2.55. The van der Waals surface area contributed by atoms with Crippen molar-refractivity contribution in [2.45, 2.75) is 32.2 Å². The van der Waals surface area contributed by atoms with Gasteiger partial charge in [-0.15, -0.1) is 0 Å². The Morgan fingerprint density at radius 2 is 1.40 bits per heavy atom. The van der Waals surface area contributed by atoms with Gasteiger partial charge in [-0.1, -0.05) is 72.8 Å². The number of benzene rings is 2. The van der Waals surface area contributed by atoms with Gasteiger partial charge in [0.2, 0.25) is 11.4 Å². The number of amides is 1. The molecule has 2 aromatic rings. The molecule has 2 aromatic carbocycles. The lowest BCUT2D eigenvalue weighted by molar-refractivity contribution is -0.168. The van der Waals surface area contributed by atoms with Crippen LogP contribution in [0.25, 0.3) is 6.08 Å². The largest absolute Gasteiger partial charge is 0.464 e. The summed E-state index contributed by atoms with van der Waals surface area (Å²) in [5.41, 5.74) is -0.535. The molecule has 0 radical (unpaired) electrons. The average Bonchev–Trinajstić information content (AvgIpc) is 2.74. The number of rotatable bonds is 9. The van der Waals surface area contributed by atoms with E-state index in [1.807, 2.05) is 36.4 Å². The molecule has 2 rings (SSSR count). The summed E-state index contributed by atoms with van der Waals surface area (Å²) in [4.78, 5) is 38.5. The molecular formula is C24H27NO5. The van der Waals surface area contributed by atoms with Crippen LogP contribution < -0.4 is 5.32 Å². The maximum atomic E-state index is 13.2. The molecule has 158 valence electrons. The molecule has 6 nitrogen and oxygen atoms in total. The van der Waals surface area contributed by atoms with Gasteiger partial charge in [0.25, 0.3) is 0 Å². The maximum Gasteiger partial charge on any atom is 0.344 e. The fourth-order valence-electron chi connectivity index (χ4n) is 3.22. The number of carbonyl (C=O) groups excluding carboxylic acids is 3. The van der Waals surface area contributed by atoms with Crippen molar-refractivity contribution >= 4 is 23.9 Å². The molecule has 0 unspecified atom stereocenters. The molecule has 0 bridgehead atoms. The zero-order valence-electron chi connectivity index (χ0n) is 17.5. The van der Waals surface area contributed by atoms with Crippen molar-refractivity contribution in [3.8, 4) is 0 Å². The van der Waals surface area contributed by atoms with Crippen LogP contribution in [0.4, 0.5) is 0 Å². The van der Waals surface area contributed by atoms with Crippen molar-refractivity contribution < 1.29 is 23.9 Å². The van der Waals surface area contributed by atoms with E-state index in [0.29, 0.717) is 5.56 Å². The van der Waals surface area contributed by atoms with E-state index < -0.39 is 29.3 Å². The first-order valence-corrected chi connectivity index (χ1v) is 9.87. The Balaban J connectivity index is 2.71. The Kier molecular flexibility index (Phi) is 8.35. The molecule has 0 fully saturated rings. The second-order valence-electron chi connectivity index (χ2n) is 6.59. The molecular weight excluding hydrogens is 382 g/mol. The molecule has 0 aliphatic heterocycles. The number of ether oxygens (including phenoxy) is 2. The zero-order valence-corrected chi connectivity index (χ0v) is 17.5. The Morgan fingerprint density at radius 3 is 1.87 bits per heavy atom. The van der Waals surface area contributed by atoms with Crippen LogP contribution in [0.15, 0.2) is 66.7 Å². The van der Waals surface area contributed by atoms with Crippen LogP contribution in [-0.2, 0) is 23.9 Å². The van der Waals surface area contributed by atoms with Gasteiger partial charge in [-0.25, -0.2) is 9.59 Å². The first-order valence-electron chi connectivity index (χ1n) is 9.87. The van der Waals surface area contributed by atoms with E-state index in [1.165, 1.54) is 6.92 Å². The summed E-state index contributed by atoms with van der Waals surface area (Å²) in [5, 5.41) is 2.56. The number of esters is 2. The highest BCUT2D eigenvalue weighted by Crippen LogP contribution is 2.34. The molecule has 0 aromatic heterocycles. The molecule has 1 N–H and O–H groups in total. The molecule has 0 saturated heterocycles. The summed E-state index contributed by atoms with van der Waals surface area (Å²) >= 11 is 0. The molecule has 0 heterocycles. The second-order valence-corrected chi connectivity index (χ2v) is 6.59. The quantitative estimate of drug-likeness (QED) is 0.506. The van der Waals surface area contributed by atoms with Crippen LogP contribution in [0.3, 0.4) is 0 Å². The molecule has 0 saturated carbocycles. The van der Waals surface area contributed by atoms with Crippen LogP contribution in [0.1, 0.15) is 37.8 Å². The van der Waals surface area contributed by atoms with Gasteiger partial charge in [0, 0.05) is 12.8 Å². The maximum absolute atomic E-state index is 13.2. The van der Waals surface area contributed by atoms with Crippen molar-refractivity contribution in [1.82, 2.24) is 5.32 Å². The lowest BCUT2D eigenvalue weighted by Gasteiger charge is -2.35. The molecule has 1 atom stereocenters. The molecule has 0 spiro atoms. The zero-order chi connectivity index (χ0) is 22.0. The summed E-state index contributed by atoms with van der Waals surface area (Å²) < 4.78 is 10.5. The van der Waals surface area contributed by atoms with E-state index in [1.54, 1.807) is 50.3 Å². The number of nitrogens with one attached hydrogen (secondary N) is 1. The average molecular weight is 409 g/mol. The molecule has 0 aliphatic rings. The summed E-state index contributed by atoms with van der Waals surface area (Å²) in [6.45, 7) is 4.61. The highest BCUT2D eigenvalue weighted by molar-refractivity contribution is 6.09. The summed E-state index contributed by atoms with van der Waals surface area (Å²) in [5.74, 6) is -3.15. The monoisotopic (exact) mass is 409 g/mol. The van der Waals surface area contributed by atoms with Gasteiger partial charge in [0.05, 0.1) is 13.2 Å². The van der Waals surface area contributed by atoms with Gasteiger partial charge in [-0.05, 0) is 25.0 Å². The molecule has 30 heavy (non-hydrogen) atoms. The SMILES string of the molecule is CCOC(=O)C(NC(C)=O)(C(=O)OCC)[C@@H](/C=C/c1ccccc1)c1ccccc1. The third kappa shape index (κ3) is 5.35. The lowest BCUT2D eigenvalue weighted by atomic mass is 9.78. The van der Waals surface area contributed by atoms with E-state index in [4.69, 9.17) is 9.47 Å². The van der Waals surface area contributed by atoms with Gasteiger partial charge in [0.15, 0.2) is 0 Å². The summed E-state index contributed by atoms with van der Waals surface area (Å²) in [6, 6.07) is 18.5. The lowest BCUT2D eigenvalue weighted by Crippen LogP contribution is -2.64. The third-order valence-electron chi connectivity index (χ3n) is 4.47. The van der Waals surface area contributed by atoms with Crippen LogP contribution >= 0.6 is 0 Å². The van der Waals surface area contributed by atoms with Gasteiger partial charge in [-0.3, -0.25) is 4.79 Å². The van der Waals surface area contributed by atoms with E-state index in [2.05, 4.69) is 5.32 Å². The Labute approximate surface area is 176 Å². The fourth-order valence-corrected chi connectivity index (χ4v) is 3.22. The van der Waals surface area contributed by atoms with E-state index in [-0.39, 0.29) is 13.2 Å². The van der Waals surface area contributed by atoms with Crippen molar-refractivity contribution in [1.29, 1.82) is 0 Å². The van der Waals surface area contributed by atoms with E-state index in [0.717, 1.165) is 5.56 Å². The molecule has 6 heteroatoms. The van der Waals surface area contributed by atoms with Gasteiger partial charge >= 0.3 is 11.9 Å². The number of carbonyl (C=O) groups is 3. The number of hydrogen-bond donors (Lipinski definition) is 1.